The molecule has 6 atom stereocenters. The predicted octanol–water partition coefficient (Wildman–Crippen LogP) is 3.66. The van der Waals surface area contributed by atoms with E-state index in [-0.39, 0.29) is 30.1 Å². The zero-order valence-electron chi connectivity index (χ0n) is 15.3. The Kier molecular flexibility index (Phi) is 4.89. The number of benzene rings is 1. The van der Waals surface area contributed by atoms with Crippen molar-refractivity contribution in [1.82, 2.24) is 0 Å². The fraction of sp³-hybridized carbons (Fsp3) is 0.714. The molecule has 0 radical (unpaired) electrons. The largest absolute Gasteiger partial charge is 0.390 e. The van der Waals surface area contributed by atoms with Crippen LogP contribution < -0.4 is 0 Å². The number of rotatable bonds is 3. The van der Waals surface area contributed by atoms with E-state index in [1.54, 1.807) is 0 Å². The third kappa shape index (κ3) is 3.25. The van der Waals surface area contributed by atoms with Gasteiger partial charge in [-0.25, -0.2) is 0 Å². The van der Waals surface area contributed by atoms with Crippen LogP contribution >= 0.6 is 0 Å². The maximum absolute atomic E-state index is 10.9. The van der Waals surface area contributed by atoms with E-state index < -0.39 is 11.9 Å². The molecule has 1 heterocycles. The summed E-state index contributed by atoms with van der Waals surface area (Å²) in [5.74, 6) is -0.0535. The fourth-order valence-corrected chi connectivity index (χ4v) is 4.71. The van der Waals surface area contributed by atoms with Crippen molar-refractivity contribution in [3.8, 4) is 0 Å². The van der Waals surface area contributed by atoms with Gasteiger partial charge in [-0.15, -0.1) is 0 Å². The van der Waals surface area contributed by atoms with Crippen LogP contribution in [0, 0.1) is 11.8 Å². The van der Waals surface area contributed by atoms with Gasteiger partial charge in [0, 0.05) is 12.8 Å². The molecule has 1 saturated heterocycles. The van der Waals surface area contributed by atoms with Crippen LogP contribution in [0.2, 0.25) is 0 Å². The lowest BCUT2D eigenvalue weighted by Crippen LogP contribution is -2.56. The average Bonchev–Trinajstić information content (AvgIpc) is 3.00. The Morgan fingerprint density at radius 2 is 1.68 bits per heavy atom. The highest BCUT2D eigenvalue weighted by atomic mass is 16.8. The summed E-state index contributed by atoms with van der Waals surface area (Å²) in [5, 5.41) is 10.9. The topological polar surface area (TPSA) is 47.9 Å². The Hall–Kier alpha value is -0.940. The summed E-state index contributed by atoms with van der Waals surface area (Å²) in [6.07, 6.45) is 4.46. The summed E-state index contributed by atoms with van der Waals surface area (Å²) in [4.78, 5) is 0. The first-order valence-electron chi connectivity index (χ1n) is 9.79. The summed E-state index contributed by atoms with van der Waals surface area (Å²) in [7, 11) is 0. The van der Waals surface area contributed by atoms with Crippen LogP contribution in [-0.4, -0.2) is 35.3 Å². The van der Waals surface area contributed by atoms with Crippen molar-refractivity contribution in [2.75, 3.05) is 0 Å². The van der Waals surface area contributed by atoms with Gasteiger partial charge in [-0.05, 0) is 30.2 Å². The van der Waals surface area contributed by atoms with Gasteiger partial charge in [-0.2, -0.15) is 0 Å². The van der Waals surface area contributed by atoms with Gasteiger partial charge in [0.25, 0.3) is 0 Å². The zero-order chi connectivity index (χ0) is 17.4. The summed E-state index contributed by atoms with van der Waals surface area (Å²) in [5.41, 5.74) is 1.11. The van der Waals surface area contributed by atoms with Gasteiger partial charge in [-0.3, -0.25) is 0 Å². The van der Waals surface area contributed by atoms with Gasteiger partial charge < -0.3 is 19.3 Å². The first-order chi connectivity index (χ1) is 12.1. The van der Waals surface area contributed by atoms with Gasteiger partial charge in [0.05, 0.1) is 18.8 Å². The highest BCUT2D eigenvalue weighted by Crippen LogP contribution is 2.48. The molecule has 1 N–H and O–H groups in total. The Bertz CT molecular complexity index is 569. The second-order valence-electron chi connectivity index (χ2n) is 8.11. The van der Waals surface area contributed by atoms with Crippen molar-refractivity contribution < 1.29 is 19.3 Å². The second kappa shape index (κ2) is 6.99. The van der Waals surface area contributed by atoms with E-state index in [1.807, 2.05) is 30.3 Å². The van der Waals surface area contributed by atoms with Crippen LogP contribution in [0.4, 0.5) is 0 Å². The summed E-state index contributed by atoms with van der Waals surface area (Å²) in [6, 6.07) is 10.1. The third-order valence-electron chi connectivity index (χ3n) is 6.47. The number of aliphatic hydroxyl groups excluding tert-OH is 1. The molecular formula is C21H30O4. The van der Waals surface area contributed by atoms with E-state index in [2.05, 4.69) is 13.8 Å². The smallest absolute Gasteiger partial charge is 0.169 e. The molecule has 4 heteroatoms. The highest BCUT2D eigenvalue weighted by Gasteiger charge is 2.58. The van der Waals surface area contributed by atoms with Crippen molar-refractivity contribution in [2.45, 2.75) is 82.8 Å². The number of fused-ring (bicyclic) bond motifs is 1. The van der Waals surface area contributed by atoms with Crippen molar-refractivity contribution >= 4 is 0 Å². The SMILES string of the molecule is CC1C2OC3(CCCCC3)O[C@@H]2[C@@H](OCc2ccccc2)C(O)[C@@H]1C. The van der Waals surface area contributed by atoms with Crippen LogP contribution in [-0.2, 0) is 20.8 Å². The van der Waals surface area contributed by atoms with E-state index in [0.717, 1.165) is 31.2 Å². The summed E-state index contributed by atoms with van der Waals surface area (Å²) >= 11 is 0. The molecule has 4 nitrogen and oxygen atoms in total. The van der Waals surface area contributed by atoms with Gasteiger partial charge >= 0.3 is 0 Å². The molecule has 4 rings (SSSR count). The normalized spacial score (nSPS) is 40.1. The lowest BCUT2D eigenvalue weighted by Gasteiger charge is -2.43. The average molecular weight is 346 g/mol. The maximum atomic E-state index is 10.9. The quantitative estimate of drug-likeness (QED) is 0.907. The Morgan fingerprint density at radius 3 is 2.40 bits per heavy atom. The van der Waals surface area contributed by atoms with Crippen molar-refractivity contribution in [3.63, 3.8) is 0 Å². The standard InChI is InChI=1S/C21H30O4/c1-14-15(2)18-20(25-21(24-18)11-7-4-8-12-21)19(17(14)22)23-13-16-9-5-3-6-10-16/h3,5-6,9-10,14-15,17-20,22H,4,7-8,11-13H2,1-2H3/t14-,15?,17?,18?,19+,20+/m1/s1. The molecule has 3 aliphatic rings. The minimum Gasteiger partial charge on any atom is -0.390 e. The van der Waals surface area contributed by atoms with Gasteiger partial charge in [0.2, 0.25) is 0 Å². The van der Waals surface area contributed by atoms with Crippen LogP contribution in [0.25, 0.3) is 0 Å². The lowest BCUT2D eigenvalue weighted by atomic mass is 9.74. The minimum absolute atomic E-state index is 0.0114. The molecule has 1 spiro atoms. The van der Waals surface area contributed by atoms with Gasteiger partial charge in [0.1, 0.15) is 12.2 Å². The molecule has 0 amide bonds. The van der Waals surface area contributed by atoms with E-state index >= 15 is 0 Å². The predicted molar refractivity (Wildman–Crippen MR) is 94.9 cm³/mol. The third-order valence-corrected chi connectivity index (χ3v) is 6.47. The second-order valence-corrected chi connectivity index (χ2v) is 8.11. The highest BCUT2D eigenvalue weighted by molar-refractivity contribution is 5.14. The molecule has 138 valence electrons. The lowest BCUT2D eigenvalue weighted by molar-refractivity contribution is -0.207. The van der Waals surface area contributed by atoms with Crippen LogP contribution in [0.5, 0.6) is 0 Å². The number of ether oxygens (including phenoxy) is 3. The molecule has 2 saturated carbocycles. The maximum Gasteiger partial charge on any atom is 0.169 e. The number of hydrogen-bond acceptors (Lipinski definition) is 4. The zero-order valence-corrected chi connectivity index (χ0v) is 15.3. The Balaban J connectivity index is 1.52. The molecular weight excluding hydrogens is 316 g/mol. The molecule has 0 aromatic heterocycles. The molecule has 2 aliphatic carbocycles. The van der Waals surface area contributed by atoms with Gasteiger partial charge in [0.15, 0.2) is 5.79 Å². The Labute approximate surface area is 150 Å². The molecule has 25 heavy (non-hydrogen) atoms. The van der Waals surface area contributed by atoms with E-state index in [0.29, 0.717) is 6.61 Å². The van der Waals surface area contributed by atoms with Crippen molar-refractivity contribution in [3.05, 3.63) is 35.9 Å². The van der Waals surface area contributed by atoms with Crippen molar-refractivity contribution in [1.29, 1.82) is 0 Å². The van der Waals surface area contributed by atoms with Crippen LogP contribution in [0.1, 0.15) is 51.5 Å². The monoisotopic (exact) mass is 346 g/mol. The molecule has 1 aromatic rings. The molecule has 3 fully saturated rings. The van der Waals surface area contributed by atoms with E-state index in [4.69, 9.17) is 14.2 Å². The van der Waals surface area contributed by atoms with E-state index in [9.17, 15) is 5.11 Å². The molecule has 3 unspecified atom stereocenters. The van der Waals surface area contributed by atoms with Crippen molar-refractivity contribution in [2.24, 2.45) is 11.8 Å². The minimum atomic E-state index is -0.526. The Morgan fingerprint density at radius 1 is 1.00 bits per heavy atom. The van der Waals surface area contributed by atoms with Gasteiger partial charge in [-0.1, -0.05) is 50.6 Å². The van der Waals surface area contributed by atoms with Crippen LogP contribution in [0.15, 0.2) is 30.3 Å². The number of hydrogen-bond donors (Lipinski definition) is 1. The summed E-state index contributed by atoms with van der Waals surface area (Å²) < 4.78 is 19.2. The first-order valence-corrected chi connectivity index (χ1v) is 9.79. The molecule has 1 aliphatic heterocycles. The van der Waals surface area contributed by atoms with Crippen LogP contribution in [0.3, 0.4) is 0 Å². The molecule has 1 aromatic carbocycles. The molecule has 0 bridgehead atoms. The summed E-state index contributed by atoms with van der Waals surface area (Å²) in [6.45, 7) is 4.76. The van der Waals surface area contributed by atoms with E-state index in [1.165, 1.54) is 6.42 Å². The number of aliphatic hydroxyl groups is 1. The fourth-order valence-electron chi connectivity index (χ4n) is 4.71. The first kappa shape index (κ1) is 17.5.